The van der Waals surface area contributed by atoms with Gasteiger partial charge in [0.25, 0.3) is 0 Å². The fraction of sp³-hybridized carbons (Fsp3) is 0.462. The van der Waals surface area contributed by atoms with Crippen molar-refractivity contribution in [2.75, 3.05) is 16.8 Å². The van der Waals surface area contributed by atoms with Gasteiger partial charge in [0, 0.05) is 30.8 Å². The van der Waals surface area contributed by atoms with Gasteiger partial charge in [-0.05, 0) is 68.5 Å². The van der Waals surface area contributed by atoms with Gasteiger partial charge >= 0.3 is 0 Å². The van der Waals surface area contributed by atoms with Gasteiger partial charge in [-0.2, -0.15) is 0 Å². The third-order valence-electron chi connectivity index (χ3n) is 5.82. The van der Waals surface area contributed by atoms with Gasteiger partial charge in [-0.25, -0.2) is 4.98 Å². The maximum atomic E-state index is 13.1. The number of nitrogens with one attached hydrogen (secondary N) is 2. The molecule has 7 nitrogen and oxygen atoms in total. The summed E-state index contributed by atoms with van der Waals surface area (Å²) >= 11 is 0. The number of aryl methyl sites for hydroxylation is 2. The molecule has 1 aromatic heterocycles. The molecule has 2 N–H and O–H groups in total. The van der Waals surface area contributed by atoms with Crippen LogP contribution in [0.4, 0.5) is 11.5 Å². The van der Waals surface area contributed by atoms with Crippen molar-refractivity contribution in [3.05, 3.63) is 53.7 Å². The zero-order valence-electron chi connectivity index (χ0n) is 19.6. The Labute approximate surface area is 196 Å². The minimum Gasteiger partial charge on any atom is -0.352 e. The van der Waals surface area contributed by atoms with Crippen LogP contribution in [0.3, 0.4) is 0 Å². The SMILES string of the molecule is Cc1cc(C)cc(N(CC(=O)NC2CCCCC2)C(=O)CCCC(=O)Nc2ccccn2)c1. The Kier molecular flexibility index (Phi) is 8.98. The molecule has 176 valence electrons. The molecule has 3 rings (SSSR count). The number of benzene rings is 1. The van der Waals surface area contributed by atoms with Crippen molar-refractivity contribution < 1.29 is 14.4 Å². The molecule has 0 saturated heterocycles. The van der Waals surface area contributed by atoms with Gasteiger partial charge in [-0.1, -0.05) is 31.4 Å². The summed E-state index contributed by atoms with van der Waals surface area (Å²) in [6.45, 7) is 3.94. The molecule has 0 spiro atoms. The number of rotatable bonds is 9. The number of anilines is 2. The van der Waals surface area contributed by atoms with Gasteiger partial charge in [0.05, 0.1) is 0 Å². The lowest BCUT2D eigenvalue weighted by Gasteiger charge is -2.27. The second kappa shape index (κ2) is 12.1. The fourth-order valence-electron chi connectivity index (χ4n) is 4.27. The molecule has 1 aliphatic rings. The van der Waals surface area contributed by atoms with Crippen LogP contribution >= 0.6 is 0 Å². The summed E-state index contributed by atoms with van der Waals surface area (Å²) in [5.74, 6) is 0.00583. The number of pyridine rings is 1. The average molecular weight is 451 g/mol. The summed E-state index contributed by atoms with van der Waals surface area (Å²) in [7, 11) is 0. The van der Waals surface area contributed by atoms with E-state index in [1.807, 2.05) is 32.0 Å². The van der Waals surface area contributed by atoms with Gasteiger partial charge in [0.15, 0.2) is 0 Å². The predicted molar refractivity (Wildman–Crippen MR) is 130 cm³/mol. The van der Waals surface area contributed by atoms with E-state index < -0.39 is 0 Å². The zero-order valence-corrected chi connectivity index (χ0v) is 19.6. The number of amides is 3. The Hall–Kier alpha value is -3.22. The largest absolute Gasteiger partial charge is 0.352 e. The molecule has 3 amide bonds. The molecular formula is C26H34N4O3. The first kappa shape index (κ1) is 24.4. The minimum absolute atomic E-state index is 0.0155. The third kappa shape index (κ3) is 8.00. The number of hydrogen-bond acceptors (Lipinski definition) is 4. The molecule has 0 atom stereocenters. The highest BCUT2D eigenvalue weighted by molar-refractivity contribution is 5.99. The van der Waals surface area contributed by atoms with Gasteiger partial charge in [-0.3, -0.25) is 14.4 Å². The lowest BCUT2D eigenvalue weighted by molar-refractivity contribution is -0.124. The standard InChI is InChI=1S/C26H34N4O3/c1-19-15-20(2)17-22(16-19)30(18-25(32)28-21-9-4-3-5-10-21)26(33)13-8-12-24(31)29-23-11-6-7-14-27-23/h6-7,11,14-17,21H,3-5,8-10,12-13,18H2,1-2H3,(H,28,32)(H,27,29,31). The molecule has 0 unspecified atom stereocenters. The number of carbonyl (C=O) groups excluding carboxylic acids is 3. The molecule has 1 heterocycles. The smallest absolute Gasteiger partial charge is 0.240 e. The molecular weight excluding hydrogens is 416 g/mol. The number of nitrogens with zero attached hydrogens (tertiary/aromatic N) is 2. The summed E-state index contributed by atoms with van der Waals surface area (Å²) in [5.41, 5.74) is 2.78. The van der Waals surface area contributed by atoms with Gasteiger partial charge in [-0.15, -0.1) is 0 Å². The van der Waals surface area contributed by atoms with Crippen molar-refractivity contribution in [3.63, 3.8) is 0 Å². The first-order chi connectivity index (χ1) is 15.9. The molecule has 1 saturated carbocycles. The molecule has 33 heavy (non-hydrogen) atoms. The van der Waals surface area contributed by atoms with Crippen molar-refractivity contribution in [1.29, 1.82) is 0 Å². The van der Waals surface area contributed by atoms with E-state index in [0.717, 1.165) is 36.8 Å². The first-order valence-corrected chi connectivity index (χ1v) is 11.8. The maximum absolute atomic E-state index is 13.1. The molecule has 7 heteroatoms. The lowest BCUT2D eigenvalue weighted by atomic mass is 9.95. The van der Waals surface area contributed by atoms with E-state index in [0.29, 0.717) is 17.9 Å². The van der Waals surface area contributed by atoms with Crippen LogP contribution in [0.25, 0.3) is 0 Å². The minimum atomic E-state index is -0.186. The van der Waals surface area contributed by atoms with Crippen molar-refractivity contribution in [2.24, 2.45) is 0 Å². The van der Waals surface area contributed by atoms with E-state index in [1.165, 1.54) is 6.42 Å². The molecule has 0 bridgehead atoms. The van der Waals surface area contributed by atoms with E-state index in [9.17, 15) is 14.4 Å². The molecule has 1 aliphatic carbocycles. The third-order valence-corrected chi connectivity index (χ3v) is 5.82. The predicted octanol–water partition coefficient (Wildman–Crippen LogP) is 4.29. The fourth-order valence-corrected chi connectivity index (χ4v) is 4.27. The highest BCUT2D eigenvalue weighted by atomic mass is 16.2. The van der Waals surface area contributed by atoms with Gasteiger partial charge in [0.2, 0.25) is 17.7 Å². The Bertz CT molecular complexity index is 935. The molecule has 0 radical (unpaired) electrons. The number of hydrogen-bond donors (Lipinski definition) is 2. The van der Waals surface area contributed by atoms with E-state index in [1.54, 1.807) is 29.3 Å². The number of aromatic nitrogens is 1. The monoisotopic (exact) mass is 450 g/mol. The van der Waals surface area contributed by atoms with Gasteiger partial charge < -0.3 is 15.5 Å². The normalized spacial score (nSPS) is 13.9. The van der Waals surface area contributed by atoms with Crippen LogP contribution in [0.15, 0.2) is 42.6 Å². The van der Waals surface area contributed by atoms with Crippen molar-refractivity contribution >= 4 is 29.2 Å². The van der Waals surface area contributed by atoms with E-state index in [2.05, 4.69) is 15.6 Å². The van der Waals surface area contributed by atoms with E-state index in [-0.39, 0.29) is 43.1 Å². The second-order valence-electron chi connectivity index (χ2n) is 8.84. The summed E-state index contributed by atoms with van der Waals surface area (Å²) in [5, 5.41) is 5.83. The first-order valence-electron chi connectivity index (χ1n) is 11.8. The zero-order chi connectivity index (χ0) is 23.6. The highest BCUT2D eigenvalue weighted by Gasteiger charge is 2.22. The van der Waals surface area contributed by atoms with Crippen LogP contribution in [0.5, 0.6) is 0 Å². The van der Waals surface area contributed by atoms with Crippen LogP contribution < -0.4 is 15.5 Å². The topological polar surface area (TPSA) is 91.4 Å². The average Bonchev–Trinajstić information content (AvgIpc) is 2.78. The second-order valence-corrected chi connectivity index (χ2v) is 8.84. The summed E-state index contributed by atoms with van der Waals surface area (Å²) in [6.07, 6.45) is 7.85. The Morgan fingerprint density at radius 2 is 1.70 bits per heavy atom. The molecule has 1 fully saturated rings. The van der Waals surface area contributed by atoms with Crippen LogP contribution in [0.1, 0.15) is 62.5 Å². The Balaban J connectivity index is 1.60. The van der Waals surface area contributed by atoms with Gasteiger partial charge in [0.1, 0.15) is 12.4 Å². The van der Waals surface area contributed by atoms with E-state index >= 15 is 0 Å². The van der Waals surface area contributed by atoms with Crippen molar-refractivity contribution in [2.45, 2.75) is 71.3 Å². The molecule has 1 aromatic carbocycles. The Morgan fingerprint density at radius 1 is 0.970 bits per heavy atom. The quantitative estimate of drug-likeness (QED) is 0.596. The van der Waals surface area contributed by atoms with Crippen LogP contribution in [0, 0.1) is 13.8 Å². The molecule has 2 aromatic rings. The summed E-state index contributed by atoms with van der Waals surface area (Å²) in [6, 6.07) is 11.4. The summed E-state index contributed by atoms with van der Waals surface area (Å²) in [4.78, 5) is 43.7. The van der Waals surface area contributed by atoms with Crippen molar-refractivity contribution in [1.82, 2.24) is 10.3 Å². The number of carbonyl (C=O) groups is 3. The van der Waals surface area contributed by atoms with E-state index in [4.69, 9.17) is 0 Å². The molecule has 0 aliphatic heterocycles. The lowest BCUT2D eigenvalue weighted by Crippen LogP contribution is -2.45. The van der Waals surface area contributed by atoms with Crippen molar-refractivity contribution in [3.8, 4) is 0 Å². The summed E-state index contributed by atoms with van der Waals surface area (Å²) < 4.78 is 0. The highest BCUT2D eigenvalue weighted by Crippen LogP contribution is 2.21. The van der Waals surface area contributed by atoms with Crippen LogP contribution in [-0.4, -0.2) is 35.3 Å². The van der Waals surface area contributed by atoms with Crippen LogP contribution in [0.2, 0.25) is 0 Å². The Morgan fingerprint density at radius 3 is 2.36 bits per heavy atom. The maximum Gasteiger partial charge on any atom is 0.240 e. The van der Waals surface area contributed by atoms with Crippen LogP contribution in [-0.2, 0) is 14.4 Å².